The molecule has 0 unspecified atom stereocenters. The summed E-state index contributed by atoms with van der Waals surface area (Å²) in [4.78, 5) is 23.7. The van der Waals surface area contributed by atoms with Crippen LogP contribution >= 0.6 is 11.6 Å². The van der Waals surface area contributed by atoms with Crippen molar-refractivity contribution in [3.8, 4) is 17.1 Å². The van der Waals surface area contributed by atoms with Crippen LogP contribution in [-0.4, -0.2) is 65.8 Å². The second-order valence-corrected chi connectivity index (χ2v) is 12.5. The molecule has 2 aromatic heterocycles. The summed E-state index contributed by atoms with van der Waals surface area (Å²) in [6.45, 7) is 3.11. The fraction of sp³-hybridized carbons (Fsp3) is 0.357. The fourth-order valence-electron chi connectivity index (χ4n) is 5.27. The number of rotatable bonds is 8. The molecule has 212 valence electrons. The zero-order valence-electron chi connectivity index (χ0n) is 22.5. The first-order valence-corrected chi connectivity index (χ1v) is 15.2. The number of H-pyrrole nitrogens is 2. The number of methoxy groups -OCH3 is 1. The molecule has 0 saturated carbocycles. The van der Waals surface area contributed by atoms with E-state index in [-0.39, 0.29) is 18.0 Å². The lowest BCUT2D eigenvalue weighted by molar-refractivity contribution is 0.191. The number of sulfonamides is 1. The number of anilines is 1. The number of fused-ring (bicyclic) bond motifs is 1. The van der Waals surface area contributed by atoms with Gasteiger partial charge in [0.05, 0.1) is 41.2 Å². The number of hydrogen-bond donors (Lipinski definition) is 4. The number of nitrogens with one attached hydrogen (secondary N) is 3. The molecule has 12 heteroatoms. The van der Waals surface area contributed by atoms with Crippen LogP contribution in [0.2, 0.25) is 5.02 Å². The first kappa shape index (κ1) is 28.2. The third kappa shape index (κ3) is 5.73. The topological polar surface area (TPSA) is 140 Å². The molecule has 0 aliphatic carbocycles. The Hall–Kier alpha value is -3.38. The molecule has 5 rings (SSSR count). The van der Waals surface area contributed by atoms with E-state index in [4.69, 9.17) is 21.3 Å². The van der Waals surface area contributed by atoms with Crippen molar-refractivity contribution < 1.29 is 18.3 Å². The highest BCUT2D eigenvalue weighted by atomic mass is 35.5. The van der Waals surface area contributed by atoms with E-state index in [2.05, 4.69) is 21.4 Å². The Morgan fingerprint density at radius 3 is 2.65 bits per heavy atom. The summed E-state index contributed by atoms with van der Waals surface area (Å²) in [6, 6.07) is 10.9. The minimum Gasteiger partial charge on any atom is -0.495 e. The number of aryl methyl sites for hydroxylation is 1. The molecule has 1 fully saturated rings. The van der Waals surface area contributed by atoms with Crippen LogP contribution < -0.4 is 15.6 Å². The van der Waals surface area contributed by atoms with Crippen molar-refractivity contribution in [3.63, 3.8) is 0 Å². The van der Waals surface area contributed by atoms with Crippen molar-refractivity contribution in [3.05, 3.63) is 74.7 Å². The standard InChI is InChI=1S/C28H32ClN5O5S/c1-16-12-19(17-7-10-34(11-8-17)40(3,37)38)14-22-26(16)33-27(32-22)25-21(6-9-30-28(25)36)31-15-23(35)18-4-5-24(39-2)20(29)13-18/h4-6,9,12-14,17,23,35H,7-8,10-11,15H2,1-3H3,(H,32,33)(H2,30,31,36)/t23-/m1/s1. The maximum Gasteiger partial charge on any atom is 0.261 e. The van der Waals surface area contributed by atoms with E-state index in [1.807, 2.05) is 13.0 Å². The third-order valence-corrected chi connectivity index (χ3v) is 9.04. The number of pyridine rings is 1. The van der Waals surface area contributed by atoms with Gasteiger partial charge in [0.15, 0.2) is 0 Å². The summed E-state index contributed by atoms with van der Waals surface area (Å²) in [7, 11) is -1.66. The summed E-state index contributed by atoms with van der Waals surface area (Å²) in [5, 5.41) is 14.3. The number of aromatic nitrogens is 3. The van der Waals surface area contributed by atoms with Crippen LogP contribution in [0.15, 0.2) is 47.4 Å². The zero-order valence-corrected chi connectivity index (χ0v) is 24.1. The van der Waals surface area contributed by atoms with Gasteiger partial charge in [-0.15, -0.1) is 0 Å². The molecular formula is C28H32ClN5O5S. The number of aliphatic hydroxyl groups excluding tert-OH is 1. The molecule has 3 heterocycles. The normalized spacial score (nSPS) is 15.8. The summed E-state index contributed by atoms with van der Waals surface area (Å²) in [5.41, 5.74) is 4.79. The first-order chi connectivity index (χ1) is 19.0. The Morgan fingerprint density at radius 2 is 1.98 bits per heavy atom. The molecule has 0 bridgehead atoms. The maximum atomic E-state index is 13.0. The van der Waals surface area contributed by atoms with Gasteiger partial charge in [-0.3, -0.25) is 4.79 Å². The highest BCUT2D eigenvalue weighted by Gasteiger charge is 2.26. The monoisotopic (exact) mass is 585 g/mol. The van der Waals surface area contributed by atoms with Crippen molar-refractivity contribution in [2.24, 2.45) is 0 Å². The van der Waals surface area contributed by atoms with Gasteiger partial charge < -0.3 is 25.1 Å². The highest BCUT2D eigenvalue weighted by molar-refractivity contribution is 7.88. The quantitative estimate of drug-likeness (QED) is 0.243. The van der Waals surface area contributed by atoms with Gasteiger partial charge in [-0.25, -0.2) is 17.7 Å². The van der Waals surface area contributed by atoms with Crippen LogP contribution in [-0.2, 0) is 10.0 Å². The molecular weight excluding hydrogens is 554 g/mol. The van der Waals surface area contributed by atoms with Gasteiger partial charge in [0, 0.05) is 25.8 Å². The van der Waals surface area contributed by atoms with Crippen LogP contribution in [0.3, 0.4) is 0 Å². The van der Waals surface area contributed by atoms with Crippen LogP contribution in [0, 0.1) is 6.92 Å². The number of piperidine rings is 1. The predicted octanol–water partition coefficient (Wildman–Crippen LogP) is 4.17. The Kier molecular flexibility index (Phi) is 7.92. The SMILES string of the molecule is COc1ccc([C@H](O)CNc2cc[nH]c(=O)c2-c2nc3c(C)cc(C4CCN(S(C)(=O)=O)CC4)cc3[nH]2)cc1Cl. The molecule has 1 aliphatic rings. The Labute approximate surface area is 237 Å². The predicted molar refractivity (Wildman–Crippen MR) is 157 cm³/mol. The average Bonchev–Trinajstić information content (AvgIpc) is 3.35. The van der Waals surface area contributed by atoms with E-state index in [9.17, 15) is 18.3 Å². The largest absolute Gasteiger partial charge is 0.495 e. The first-order valence-electron chi connectivity index (χ1n) is 13.0. The average molecular weight is 586 g/mol. The van der Waals surface area contributed by atoms with Gasteiger partial charge in [0.1, 0.15) is 17.1 Å². The van der Waals surface area contributed by atoms with Gasteiger partial charge in [-0.05, 0) is 66.6 Å². The minimum atomic E-state index is -3.19. The smallest absolute Gasteiger partial charge is 0.261 e. The minimum absolute atomic E-state index is 0.134. The van der Waals surface area contributed by atoms with Crippen molar-refractivity contribution in [2.45, 2.75) is 31.8 Å². The Bertz CT molecular complexity index is 1710. The van der Waals surface area contributed by atoms with Crippen molar-refractivity contribution in [1.29, 1.82) is 0 Å². The van der Waals surface area contributed by atoms with E-state index >= 15 is 0 Å². The lowest BCUT2D eigenvalue weighted by Crippen LogP contribution is -2.37. The molecule has 0 spiro atoms. The Morgan fingerprint density at radius 1 is 1.23 bits per heavy atom. The molecule has 4 N–H and O–H groups in total. The second-order valence-electron chi connectivity index (χ2n) is 10.1. The molecule has 2 aromatic carbocycles. The van der Waals surface area contributed by atoms with Crippen molar-refractivity contribution in [1.82, 2.24) is 19.3 Å². The molecule has 0 amide bonds. The number of hydrogen-bond acceptors (Lipinski definition) is 7. The second kappa shape index (κ2) is 11.2. The van der Waals surface area contributed by atoms with Crippen molar-refractivity contribution >= 4 is 38.3 Å². The van der Waals surface area contributed by atoms with Gasteiger partial charge in [-0.2, -0.15) is 0 Å². The summed E-state index contributed by atoms with van der Waals surface area (Å²) >= 11 is 6.21. The summed E-state index contributed by atoms with van der Waals surface area (Å²) < 4.78 is 30.5. The number of nitrogens with zero attached hydrogens (tertiary/aromatic N) is 2. The number of aliphatic hydroxyl groups is 1. The third-order valence-electron chi connectivity index (χ3n) is 7.44. The number of ether oxygens (including phenoxy) is 1. The van der Waals surface area contributed by atoms with Gasteiger partial charge in [0.25, 0.3) is 5.56 Å². The van der Waals surface area contributed by atoms with E-state index in [0.29, 0.717) is 46.5 Å². The van der Waals surface area contributed by atoms with Gasteiger partial charge >= 0.3 is 0 Å². The number of imidazole rings is 1. The van der Waals surface area contributed by atoms with Crippen LogP contribution in [0.4, 0.5) is 5.69 Å². The Balaban J connectivity index is 1.39. The van der Waals surface area contributed by atoms with Crippen molar-refractivity contribution in [2.75, 3.05) is 38.3 Å². The van der Waals surface area contributed by atoms with E-state index in [1.165, 1.54) is 17.7 Å². The fourth-order valence-corrected chi connectivity index (χ4v) is 6.41. The molecule has 4 aromatic rings. The van der Waals surface area contributed by atoms with Gasteiger partial charge in [0.2, 0.25) is 10.0 Å². The summed E-state index contributed by atoms with van der Waals surface area (Å²) in [6.07, 6.45) is 3.39. The molecule has 1 saturated heterocycles. The zero-order chi connectivity index (χ0) is 28.6. The van der Waals surface area contributed by atoms with E-state index in [0.717, 1.165) is 35.0 Å². The number of aromatic amines is 2. The van der Waals surface area contributed by atoms with E-state index in [1.54, 1.807) is 30.5 Å². The van der Waals surface area contributed by atoms with Crippen LogP contribution in [0.5, 0.6) is 5.75 Å². The number of halogens is 1. The maximum absolute atomic E-state index is 13.0. The van der Waals surface area contributed by atoms with Crippen LogP contribution in [0.25, 0.3) is 22.4 Å². The van der Waals surface area contributed by atoms with Gasteiger partial charge in [-0.1, -0.05) is 23.7 Å². The molecule has 10 nitrogen and oxygen atoms in total. The molecule has 40 heavy (non-hydrogen) atoms. The lowest BCUT2D eigenvalue weighted by Gasteiger charge is -2.30. The molecule has 1 aliphatic heterocycles. The molecule has 1 atom stereocenters. The highest BCUT2D eigenvalue weighted by Crippen LogP contribution is 2.34. The number of benzene rings is 2. The summed E-state index contributed by atoms with van der Waals surface area (Å²) in [5.74, 6) is 1.16. The van der Waals surface area contributed by atoms with Crippen LogP contribution in [0.1, 0.15) is 41.6 Å². The lowest BCUT2D eigenvalue weighted by atomic mass is 9.89. The van der Waals surface area contributed by atoms with E-state index < -0.39 is 16.1 Å². The molecule has 0 radical (unpaired) electrons.